The number of anilines is 3. The number of aryl methyl sites for hydroxylation is 1. The second-order valence-electron chi connectivity index (χ2n) is 6.91. The predicted octanol–water partition coefficient (Wildman–Crippen LogP) is 6.47. The van der Waals surface area contributed by atoms with Gasteiger partial charge in [-0.05, 0) is 60.5 Å². The number of carbonyl (C=O) groups is 2. The van der Waals surface area contributed by atoms with Crippen molar-refractivity contribution in [2.24, 2.45) is 0 Å². The first-order chi connectivity index (χ1) is 15.6. The van der Waals surface area contributed by atoms with Gasteiger partial charge in [-0.3, -0.25) is 9.78 Å². The number of pyridine rings is 1. The number of amides is 3. The molecule has 0 saturated heterocycles. The van der Waals surface area contributed by atoms with E-state index in [0.717, 1.165) is 17.2 Å². The summed E-state index contributed by atoms with van der Waals surface area (Å²) in [6.45, 7) is 1.78. The molecular weight excluding hydrogens is 501 g/mol. The number of benzene rings is 2. The van der Waals surface area contributed by atoms with E-state index in [-0.39, 0.29) is 16.1 Å². The van der Waals surface area contributed by atoms with Gasteiger partial charge < -0.3 is 16.0 Å². The first-order valence-corrected chi connectivity index (χ1v) is 10.4. The number of nitrogens with zero attached hydrogens (tertiary/aromatic N) is 1. The Morgan fingerprint density at radius 3 is 2.36 bits per heavy atom. The molecule has 170 valence electrons. The van der Waals surface area contributed by atoms with Crippen molar-refractivity contribution in [3.8, 4) is 0 Å². The monoisotopic (exact) mass is 518 g/mol. The molecule has 3 aromatic rings. The number of hydrogen-bond donors (Lipinski definition) is 3. The molecule has 0 aliphatic carbocycles. The van der Waals surface area contributed by atoms with E-state index in [1.54, 1.807) is 55.7 Å². The summed E-state index contributed by atoms with van der Waals surface area (Å²) in [5.74, 6) is -0.377. The highest BCUT2D eigenvalue weighted by Crippen LogP contribution is 2.36. The van der Waals surface area contributed by atoms with Gasteiger partial charge in [0.05, 0.1) is 5.56 Å². The Morgan fingerprint density at radius 1 is 1.00 bits per heavy atom. The summed E-state index contributed by atoms with van der Waals surface area (Å²) in [6, 6.07) is 11.0. The number of halogens is 4. The fourth-order valence-corrected chi connectivity index (χ4v) is 3.24. The third kappa shape index (κ3) is 6.91. The molecule has 3 rings (SSSR count). The summed E-state index contributed by atoms with van der Waals surface area (Å²) in [5.41, 5.74) is 1.41. The van der Waals surface area contributed by atoms with E-state index in [4.69, 9.17) is 0 Å². The average molecular weight is 519 g/mol. The minimum absolute atomic E-state index is 0.0239. The van der Waals surface area contributed by atoms with Gasteiger partial charge in [-0.15, -0.1) is 0 Å². The van der Waals surface area contributed by atoms with Crippen LogP contribution in [-0.2, 0) is 11.0 Å². The predicted molar refractivity (Wildman–Crippen MR) is 125 cm³/mol. The van der Waals surface area contributed by atoms with Crippen LogP contribution in [0.2, 0.25) is 0 Å². The minimum Gasteiger partial charge on any atom is -0.322 e. The van der Waals surface area contributed by atoms with E-state index in [2.05, 4.69) is 36.9 Å². The second-order valence-corrected chi connectivity index (χ2v) is 7.76. The zero-order valence-electron chi connectivity index (χ0n) is 17.2. The molecule has 0 atom stereocenters. The SMILES string of the molecule is Cc1ccc(NC(=O)Nc2ccc(Br)c(C(F)(F)F)c2)cc1NC(=O)/C=C\c1cccnc1. The Hall–Kier alpha value is -3.66. The topological polar surface area (TPSA) is 83.1 Å². The Kier molecular flexibility index (Phi) is 7.49. The summed E-state index contributed by atoms with van der Waals surface area (Å²) >= 11 is 2.85. The van der Waals surface area contributed by atoms with Crippen molar-refractivity contribution in [1.82, 2.24) is 4.98 Å². The molecule has 1 aromatic heterocycles. The highest BCUT2D eigenvalue weighted by molar-refractivity contribution is 9.10. The summed E-state index contributed by atoms with van der Waals surface area (Å²) in [4.78, 5) is 28.5. The molecule has 0 bridgehead atoms. The molecule has 0 aliphatic heterocycles. The van der Waals surface area contributed by atoms with Gasteiger partial charge in [-0.1, -0.05) is 28.1 Å². The first-order valence-electron chi connectivity index (χ1n) is 9.56. The third-order valence-electron chi connectivity index (χ3n) is 4.39. The van der Waals surface area contributed by atoms with Crippen molar-refractivity contribution in [2.45, 2.75) is 13.1 Å². The zero-order valence-corrected chi connectivity index (χ0v) is 18.8. The Morgan fingerprint density at radius 2 is 1.70 bits per heavy atom. The van der Waals surface area contributed by atoms with E-state index in [9.17, 15) is 22.8 Å². The maximum absolute atomic E-state index is 13.1. The average Bonchev–Trinajstić information content (AvgIpc) is 2.76. The molecule has 0 radical (unpaired) electrons. The van der Waals surface area contributed by atoms with Crippen molar-refractivity contribution >= 4 is 51.0 Å². The fraction of sp³-hybridized carbons (Fsp3) is 0.0870. The molecule has 1 heterocycles. The molecule has 0 fully saturated rings. The van der Waals surface area contributed by atoms with Gasteiger partial charge in [0.15, 0.2) is 0 Å². The number of nitrogens with one attached hydrogen (secondary N) is 3. The number of urea groups is 1. The van der Waals surface area contributed by atoms with Crippen LogP contribution in [0.5, 0.6) is 0 Å². The number of carbonyl (C=O) groups excluding carboxylic acids is 2. The van der Waals surface area contributed by atoms with Crippen molar-refractivity contribution < 1.29 is 22.8 Å². The van der Waals surface area contributed by atoms with Crippen LogP contribution in [0.15, 0.2) is 71.5 Å². The summed E-state index contributed by atoms with van der Waals surface area (Å²) in [5, 5.41) is 7.64. The molecule has 3 N–H and O–H groups in total. The molecule has 6 nitrogen and oxygen atoms in total. The van der Waals surface area contributed by atoms with Gasteiger partial charge in [-0.2, -0.15) is 13.2 Å². The normalized spacial score (nSPS) is 11.3. The lowest BCUT2D eigenvalue weighted by atomic mass is 10.1. The lowest BCUT2D eigenvalue weighted by Crippen LogP contribution is -2.20. The largest absolute Gasteiger partial charge is 0.417 e. The maximum atomic E-state index is 13.1. The fourth-order valence-electron chi connectivity index (χ4n) is 2.77. The van der Waals surface area contributed by atoms with Crippen molar-refractivity contribution in [3.05, 3.63) is 88.2 Å². The van der Waals surface area contributed by atoms with Crippen LogP contribution in [0.25, 0.3) is 6.08 Å². The van der Waals surface area contributed by atoms with E-state index in [1.165, 1.54) is 18.2 Å². The molecule has 33 heavy (non-hydrogen) atoms. The van der Waals surface area contributed by atoms with Crippen molar-refractivity contribution in [3.63, 3.8) is 0 Å². The Labute approximate surface area is 196 Å². The summed E-state index contributed by atoms with van der Waals surface area (Å²) < 4.78 is 39.0. The molecule has 0 aliphatic rings. The minimum atomic E-state index is -4.57. The van der Waals surface area contributed by atoms with E-state index < -0.39 is 17.8 Å². The van der Waals surface area contributed by atoms with E-state index >= 15 is 0 Å². The third-order valence-corrected chi connectivity index (χ3v) is 5.09. The molecule has 2 aromatic carbocycles. The van der Waals surface area contributed by atoms with Crippen LogP contribution in [0.1, 0.15) is 16.7 Å². The highest BCUT2D eigenvalue weighted by atomic mass is 79.9. The quantitative estimate of drug-likeness (QED) is 0.338. The zero-order chi connectivity index (χ0) is 24.0. The van der Waals surface area contributed by atoms with Gasteiger partial charge in [0.1, 0.15) is 0 Å². The number of rotatable bonds is 5. The van der Waals surface area contributed by atoms with Gasteiger partial charge in [0, 0.05) is 40.0 Å². The molecule has 3 amide bonds. The van der Waals surface area contributed by atoms with Crippen molar-refractivity contribution in [2.75, 3.05) is 16.0 Å². The van der Waals surface area contributed by atoms with E-state index in [1.807, 2.05) is 0 Å². The second kappa shape index (κ2) is 10.3. The smallest absolute Gasteiger partial charge is 0.322 e. The number of alkyl halides is 3. The Bertz CT molecular complexity index is 1200. The Balaban J connectivity index is 1.66. The number of aromatic nitrogens is 1. The van der Waals surface area contributed by atoms with Gasteiger partial charge >= 0.3 is 12.2 Å². The first kappa shape index (κ1) is 24.0. The number of hydrogen-bond acceptors (Lipinski definition) is 3. The standard InChI is InChI=1S/C23H18BrF3N4O2/c1-14-4-6-17(12-20(14)31-21(32)9-5-15-3-2-10-28-13-15)30-22(33)29-16-7-8-19(24)18(11-16)23(25,26)27/h2-13H,1H3,(H,31,32)(H2,29,30,33)/b9-5-. The lowest BCUT2D eigenvalue weighted by molar-refractivity contribution is -0.138. The molecule has 0 unspecified atom stereocenters. The van der Waals surface area contributed by atoms with Crippen LogP contribution in [0, 0.1) is 6.92 Å². The molecule has 10 heteroatoms. The van der Waals surface area contributed by atoms with Crippen LogP contribution in [0.4, 0.5) is 35.0 Å². The van der Waals surface area contributed by atoms with Gasteiger partial charge in [-0.25, -0.2) is 4.79 Å². The molecular formula is C23H18BrF3N4O2. The van der Waals surface area contributed by atoms with Gasteiger partial charge in [0.25, 0.3) is 0 Å². The molecule has 0 saturated carbocycles. The highest BCUT2D eigenvalue weighted by Gasteiger charge is 2.33. The van der Waals surface area contributed by atoms with Crippen LogP contribution in [0.3, 0.4) is 0 Å². The van der Waals surface area contributed by atoms with Crippen LogP contribution < -0.4 is 16.0 Å². The lowest BCUT2D eigenvalue weighted by Gasteiger charge is -2.13. The maximum Gasteiger partial charge on any atom is 0.417 e. The molecule has 0 spiro atoms. The van der Waals surface area contributed by atoms with Gasteiger partial charge in [0.2, 0.25) is 5.91 Å². The summed E-state index contributed by atoms with van der Waals surface area (Å²) in [6.07, 6.45) is 1.64. The van der Waals surface area contributed by atoms with E-state index in [0.29, 0.717) is 11.4 Å². The van der Waals surface area contributed by atoms with Crippen LogP contribution >= 0.6 is 15.9 Å². The summed E-state index contributed by atoms with van der Waals surface area (Å²) in [7, 11) is 0. The van der Waals surface area contributed by atoms with Crippen molar-refractivity contribution in [1.29, 1.82) is 0 Å². The van der Waals surface area contributed by atoms with Crippen LogP contribution in [-0.4, -0.2) is 16.9 Å².